The molecule has 0 aromatic carbocycles. The number of aryl methyl sites for hydroxylation is 1. The fourth-order valence-electron chi connectivity index (χ4n) is 2.47. The van der Waals surface area contributed by atoms with Gasteiger partial charge < -0.3 is 8.98 Å². The van der Waals surface area contributed by atoms with Crippen LogP contribution < -0.4 is 11.2 Å². The van der Waals surface area contributed by atoms with E-state index in [9.17, 15) is 18.0 Å². The molecule has 0 N–H and O–H groups in total. The summed E-state index contributed by atoms with van der Waals surface area (Å²) in [7, 11) is -1.51. The number of hydrogen-bond acceptors (Lipinski definition) is 6. The summed E-state index contributed by atoms with van der Waals surface area (Å²) < 4.78 is 34.7. The maximum absolute atomic E-state index is 13.2. The predicted octanol–water partition coefficient (Wildman–Crippen LogP) is 1.13. The number of sulfonamides is 1. The molecule has 0 amide bonds. The first-order chi connectivity index (χ1) is 12.3. The first kappa shape index (κ1) is 18.4. The van der Waals surface area contributed by atoms with Crippen LogP contribution in [0.5, 0.6) is 0 Å². The van der Waals surface area contributed by atoms with E-state index in [4.69, 9.17) is 4.42 Å². The van der Waals surface area contributed by atoms with E-state index in [0.29, 0.717) is 5.76 Å². The van der Waals surface area contributed by atoms with E-state index in [1.807, 2.05) is 17.5 Å². The van der Waals surface area contributed by atoms with E-state index in [0.717, 1.165) is 20.2 Å². The van der Waals surface area contributed by atoms with E-state index in [1.54, 1.807) is 12.1 Å². The van der Waals surface area contributed by atoms with E-state index in [-0.39, 0.29) is 13.1 Å². The molecule has 3 heterocycles. The van der Waals surface area contributed by atoms with Gasteiger partial charge in [0.05, 0.1) is 12.8 Å². The lowest BCUT2D eigenvalue weighted by Gasteiger charge is -2.21. The summed E-state index contributed by atoms with van der Waals surface area (Å²) in [5.41, 5.74) is -1.45. The van der Waals surface area contributed by atoms with E-state index in [1.165, 1.54) is 36.0 Å². The van der Waals surface area contributed by atoms with Gasteiger partial charge in [-0.25, -0.2) is 13.2 Å². The van der Waals surface area contributed by atoms with Crippen LogP contribution in [0.15, 0.2) is 61.0 Å². The second kappa shape index (κ2) is 7.06. The lowest BCUT2D eigenvalue weighted by Crippen LogP contribution is -2.42. The largest absolute Gasteiger partial charge is 0.468 e. The molecule has 138 valence electrons. The number of nitrogens with zero attached hydrogens (tertiary/aromatic N) is 3. The van der Waals surface area contributed by atoms with Crippen molar-refractivity contribution in [2.75, 3.05) is 0 Å². The quantitative estimate of drug-likeness (QED) is 0.624. The number of hydrogen-bond donors (Lipinski definition) is 0. The highest BCUT2D eigenvalue weighted by atomic mass is 32.2. The summed E-state index contributed by atoms with van der Waals surface area (Å²) in [4.78, 5) is 24.6. The lowest BCUT2D eigenvalue weighted by atomic mass is 10.4. The van der Waals surface area contributed by atoms with Crippen LogP contribution in [0.1, 0.15) is 10.6 Å². The van der Waals surface area contributed by atoms with Gasteiger partial charge in [-0.2, -0.15) is 4.31 Å². The maximum Gasteiger partial charge on any atom is 0.330 e. The van der Waals surface area contributed by atoms with Gasteiger partial charge in [-0.05, 0) is 23.6 Å². The first-order valence-electron chi connectivity index (χ1n) is 7.62. The van der Waals surface area contributed by atoms with Gasteiger partial charge in [-0.15, -0.1) is 11.3 Å². The molecule has 3 aromatic heterocycles. The zero-order valence-electron chi connectivity index (χ0n) is 14.2. The predicted molar refractivity (Wildman–Crippen MR) is 96.4 cm³/mol. The Bertz CT molecular complexity index is 1070. The first-order valence-corrected chi connectivity index (χ1v) is 9.94. The van der Waals surface area contributed by atoms with Gasteiger partial charge in [0.25, 0.3) is 15.6 Å². The Morgan fingerprint density at radius 1 is 1.15 bits per heavy atom. The fraction of sp³-hybridized carbons (Fsp3) is 0.250. The molecule has 0 aliphatic heterocycles. The molecule has 0 saturated heterocycles. The molecular formula is C16H17N3O5S2. The minimum atomic E-state index is -4.16. The standard InChI is InChI=1S/C16H17N3O5S2/c1-17-11-14(15(20)18(2)16(17)21)26(22,23)19(9-12-5-3-7-24-12)10-13-6-4-8-25-13/h3-8,11H,9-10H2,1-2H3. The molecule has 26 heavy (non-hydrogen) atoms. The number of furan rings is 1. The van der Waals surface area contributed by atoms with Crippen molar-refractivity contribution in [2.24, 2.45) is 14.1 Å². The van der Waals surface area contributed by atoms with Gasteiger partial charge in [0, 0.05) is 31.7 Å². The van der Waals surface area contributed by atoms with E-state index >= 15 is 0 Å². The maximum atomic E-state index is 13.2. The Balaban J connectivity index is 2.10. The Kier molecular flexibility index (Phi) is 4.99. The van der Waals surface area contributed by atoms with Crippen molar-refractivity contribution in [1.82, 2.24) is 13.4 Å². The molecule has 0 radical (unpaired) electrons. The average molecular weight is 395 g/mol. The van der Waals surface area contributed by atoms with Crippen LogP contribution in [0.4, 0.5) is 0 Å². The van der Waals surface area contributed by atoms with Crippen molar-refractivity contribution >= 4 is 21.4 Å². The van der Waals surface area contributed by atoms with Crippen LogP contribution in [0.2, 0.25) is 0 Å². The molecule has 0 unspecified atom stereocenters. The minimum absolute atomic E-state index is 0.0285. The van der Waals surface area contributed by atoms with Crippen LogP contribution in [0.3, 0.4) is 0 Å². The Labute approximate surface area is 153 Å². The van der Waals surface area contributed by atoms with Gasteiger partial charge in [-0.3, -0.25) is 9.36 Å². The molecule has 0 saturated carbocycles. The van der Waals surface area contributed by atoms with Gasteiger partial charge in [0.1, 0.15) is 5.76 Å². The molecule has 3 rings (SSSR count). The average Bonchev–Trinajstić information content (AvgIpc) is 3.29. The van der Waals surface area contributed by atoms with E-state index in [2.05, 4.69) is 0 Å². The number of aromatic nitrogens is 2. The van der Waals surface area contributed by atoms with Crippen LogP contribution in [-0.2, 0) is 37.2 Å². The van der Waals surface area contributed by atoms with Crippen molar-refractivity contribution in [1.29, 1.82) is 0 Å². The third-order valence-electron chi connectivity index (χ3n) is 3.86. The van der Waals surface area contributed by atoms with Gasteiger partial charge in [0.2, 0.25) is 0 Å². The molecule has 0 aliphatic rings. The molecule has 3 aromatic rings. The van der Waals surface area contributed by atoms with Crippen molar-refractivity contribution in [3.05, 3.63) is 73.6 Å². The zero-order valence-corrected chi connectivity index (χ0v) is 15.8. The SMILES string of the molecule is Cn1cc(S(=O)(=O)N(Cc2ccco2)Cc2cccs2)c(=O)n(C)c1=O. The van der Waals surface area contributed by atoms with Crippen LogP contribution in [0.25, 0.3) is 0 Å². The van der Waals surface area contributed by atoms with Gasteiger partial charge in [0.15, 0.2) is 4.90 Å². The summed E-state index contributed by atoms with van der Waals surface area (Å²) in [6, 6.07) is 6.96. The number of thiophene rings is 1. The third kappa shape index (κ3) is 3.43. The van der Waals surface area contributed by atoms with Gasteiger partial charge in [-0.1, -0.05) is 6.07 Å². The van der Waals surface area contributed by atoms with Crippen molar-refractivity contribution < 1.29 is 12.8 Å². The molecule has 0 fully saturated rings. The summed E-state index contributed by atoms with van der Waals surface area (Å²) in [5, 5.41) is 1.85. The summed E-state index contributed by atoms with van der Waals surface area (Å²) in [6.07, 6.45) is 2.51. The molecular weight excluding hydrogens is 378 g/mol. The topological polar surface area (TPSA) is 94.5 Å². The van der Waals surface area contributed by atoms with Gasteiger partial charge >= 0.3 is 5.69 Å². The molecule has 8 nitrogen and oxygen atoms in total. The summed E-state index contributed by atoms with van der Waals surface area (Å²) >= 11 is 1.41. The summed E-state index contributed by atoms with van der Waals surface area (Å²) in [5.74, 6) is 0.451. The van der Waals surface area contributed by atoms with Crippen molar-refractivity contribution in [3.63, 3.8) is 0 Å². The van der Waals surface area contributed by atoms with E-state index < -0.39 is 26.2 Å². The molecule has 10 heteroatoms. The van der Waals surface area contributed by atoms with Crippen LogP contribution in [-0.4, -0.2) is 21.9 Å². The molecule has 0 aliphatic carbocycles. The molecule has 0 bridgehead atoms. The minimum Gasteiger partial charge on any atom is -0.468 e. The monoisotopic (exact) mass is 395 g/mol. The second-order valence-corrected chi connectivity index (χ2v) is 8.62. The normalized spacial score (nSPS) is 12.0. The lowest BCUT2D eigenvalue weighted by molar-refractivity contribution is 0.359. The van der Waals surface area contributed by atoms with Crippen LogP contribution in [0, 0.1) is 0 Å². The van der Waals surface area contributed by atoms with Crippen LogP contribution >= 0.6 is 11.3 Å². The van der Waals surface area contributed by atoms with Crippen molar-refractivity contribution in [3.8, 4) is 0 Å². The second-order valence-electron chi connectivity index (χ2n) is 5.68. The number of rotatable bonds is 6. The highest BCUT2D eigenvalue weighted by molar-refractivity contribution is 7.89. The molecule has 0 atom stereocenters. The third-order valence-corrected chi connectivity index (χ3v) is 6.49. The smallest absolute Gasteiger partial charge is 0.330 e. The Morgan fingerprint density at radius 2 is 1.92 bits per heavy atom. The Morgan fingerprint density at radius 3 is 2.54 bits per heavy atom. The molecule has 0 spiro atoms. The summed E-state index contributed by atoms with van der Waals surface area (Å²) in [6.45, 7) is 0.0614. The van der Waals surface area contributed by atoms with Crippen molar-refractivity contribution in [2.45, 2.75) is 18.0 Å². The highest BCUT2D eigenvalue weighted by Gasteiger charge is 2.30. The highest BCUT2D eigenvalue weighted by Crippen LogP contribution is 2.21. The zero-order chi connectivity index (χ0) is 18.9. The Hall–Kier alpha value is -2.43. The fourth-order valence-corrected chi connectivity index (χ4v) is 4.80.